The zero-order chi connectivity index (χ0) is 16.3. The van der Waals surface area contributed by atoms with Gasteiger partial charge < -0.3 is 14.2 Å². The molecule has 0 N–H and O–H groups in total. The lowest BCUT2D eigenvalue weighted by atomic mass is 10.2. The van der Waals surface area contributed by atoms with Gasteiger partial charge in [-0.15, -0.1) is 37.0 Å². The lowest BCUT2D eigenvalue weighted by Crippen LogP contribution is -2.18. The van der Waals surface area contributed by atoms with Crippen LogP contribution >= 0.6 is 0 Å². The number of ether oxygens (including phenoxy) is 3. The minimum Gasteiger partial charge on any atom is -0.447 e. The minimum atomic E-state index is -0.388. The third kappa shape index (κ3) is 14.4. The molecule has 0 aliphatic heterocycles. The first kappa shape index (κ1) is 20.0. The summed E-state index contributed by atoms with van der Waals surface area (Å²) in [4.78, 5) is 0. The van der Waals surface area contributed by atoms with E-state index in [2.05, 4.69) is 29.8 Å². The molecule has 0 rings (SSSR count). The molecule has 118 valence electrons. The van der Waals surface area contributed by atoms with Gasteiger partial charge in [0.1, 0.15) is 12.7 Å². The summed E-state index contributed by atoms with van der Waals surface area (Å²) in [6.07, 6.45) is 22.9. The number of hydrogen-bond acceptors (Lipinski definition) is 3. The fraction of sp³-hybridized carbons (Fsp3) is 0.579. The van der Waals surface area contributed by atoms with Crippen LogP contribution in [0, 0.1) is 49.1 Å². The molecule has 0 radical (unpaired) electrons. The topological polar surface area (TPSA) is 27.7 Å². The normalized spacial score (nSPS) is 10.4. The monoisotopic (exact) mass is 300 g/mol. The van der Waals surface area contributed by atoms with E-state index in [1.54, 1.807) is 0 Å². The third-order valence-electron chi connectivity index (χ3n) is 2.55. The van der Waals surface area contributed by atoms with Crippen molar-refractivity contribution < 1.29 is 14.2 Å². The SMILES string of the molecule is C#CCCCCOC(CC#COCCCC#C)OCCC#C. The largest absolute Gasteiger partial charge is 0.447 e. The molecular weight excluding hydrogens is 276 g/mol. The van der Waals surface area contributed by atoms with Crippen molar-refractivity contribution in [2.75, 3.05) is 19.8 Å². The van der Waals surface area contributed by atoms with Gasteiger partial charge >= 0.3 is 0 Å². The zero-order valence-corrected chi connectivity index (χ0v) is 13.1. The van der Waals surface area contributed by atoms with Crippen molar-refractivity contribution >= 4 is 0 Å². The van der Waals surface area contributed by atoms with Crippen LogP contribution in [0.1, 0.15) is 44.9 Å². The Morgan fingerprint density at radius 2 is 1.41 bits per heavy atom. The quantitative estimate of drug-likeness (QED) is 0.315. The molecule has 0 saturated carbocycles. The predicted octanol–water partition coefficient (Wildman–Crippen LogP) is 2.95. The van der Waals surface area contributed by atoms with E-state index in [-0.39, 0.29) is 6.29 Å². The molecule has 0 amide bonds. The summed E-state index contributed by atoms with van der Waals surface area (Å²) < 4.78 is 16.3. The highest BCUT2D eigenvalue weighted by molar-refractivity contribution is 4.93. The Morgan fingerprint density at radius 1 is 0.727 bits per heavy atom. The van der Waals surface area contributed by atoms with Crippen LogP contribution < -0.4 is 0 Å². The van der Waals surface area contributed by atoms with E-state index in [1.807, 2.05) is 0 Å². The Labute approximate surface area is 135 Å². The first-order chi connectivity index (χ1) is 10.8. The number of unbranched alkanes of at least 4 members (excludes halogenated alkanes) is 3. The van der Waals surface area contributed by atoms with E-state index >= 15 is 0 Å². The van der Waals surface area contributed by atoms with Gasteiger partial charge in [-0.2, -0.15) is 0 Å². The maximum atomic E-state index is 5.64. The molecule has 0 spiro atoms. The Kier molecular flexibility index (Phi) is 15.4. The minimum absolute atomic E-state index is 0.388. The molecule has 0 saturated heterocycles. The van der Waals surface area contributed by atoms with Crippen molar-refractivity contribution in [3.05, 3.63) is 0 Å². The van der Waals surface area contributed by atoms with E-state index in [0.29, 0.717) is 39.1 Å². The summed E-state index contributed by atoms with van der Waals surface area (Å²) >= 11 is 0. The lowest BCUT2D eigenvalue weighted by molar-refractivity contribution is -0.138. The number of terminal acetylenes is 3. The molecule has 0 aliphatic carbocycles. The second-order valence-corrected chi connectivity index (χ2v) is 4.43. The Hall–Kier alpha value is -2.04. The van der Waals surface area contributed by atoms with Crippen LogP contribution in [0.4, 0.5) is 0 Å². The lowest BCUT2D eigenvalue weighted by Gasteiger charge is -2.15. The highest BCUT2D eigenvalue weighted by Crippen LogP contribution is 2.04. The highest BCUT2D eigenvalue weighted by Gasteiger charge is 2.07. The number of hydrogen-bond donors (Lipinski definition) is 0. The molecule has 0 aromatic heterocycles. The molecule has 3 heteroatoms. The summed E-state index contributed by atoms with van der Waals surface area (Å²) in [6.45, 7) is 1.58. The number of rotatable bonds is 12. The molecule has 1 unspecified atom stereocenters. The van der Waals surface area contributed by atoms with Crippen LogP contribution in [-0.2, 0) is 14.2 Å². The first-order valence-corrected chi connectivity index (χ1v) is 7.48. The predicted molar refractivity (Wildman–Crippen MR) is 88.2 cm³/mol. The average Bonchev–Trinajstić information content (AvgIpc) is 2.53. The molecule has 0 aromatic carbocycles. The Morgan fingerprint density at radius 3 is 2.14 bits per heavy atom. The van der Waals surface area contributed by atoms with Gasteiger partial charge in [0.05, 0.1) is 13.0 Å². The van der Waals surface area contributed by atoms with Gasteiger partial charge in [-0.25, -0.2) is 0 Å². The zero-order valence-electron chi connectivity index (χ0n) is 13.1. The van der Waals surface area contributed by atoms with Crippen LogP contribution in [0.2, 0.25) is 0 Å². The van der Waals surface area contributed by atoms with E-state index in [1.165, 1.54) is 0 Å². The van der Waals surface area contributed by atoms with Crippen LogP contribution in [0.3, 0.4) is 0 Å². The maximum absolute atomic E-state index is 5.64. The average molecular weight is 300 g/mol. The van der Waals surface area contributed by atoms with Crippen LogP contribution in [0.5, 0.6) is 0 Å². The first-order valence-electron chi connectivity index (χ1n) is 7.48. The van der Waals surface area contributed by atoms with Gasteiger partial charge in [0, 0.05) is 25.9 Å². The second-order valence-electron chi connectivity index (χ2n) is 4.43. The van der Waals surface area contributed by atoms with Crippen LogP contribution in [0.25, 0.3) is 0 Å². The summed E-state index contributed by atoms with van der Waals surface area (Å²) in [7, 11) is 0. The van der Waals surface area contributed by atoms with Gasteiger partial charge in [0.25, 0.3) is 0 Å². The van der Waals surface area contributed by atoms with Gasteiger partial charge in [-0.3, -0.25) is 0 Å². The van der Waals surface area contributed by atoms with E-state index in [9.17, 15) is 0 Å². The summed E-state index contributed by atoms with van der Waals surface area (Å²) in [5.74, 6) is 10.6. The molecule has 0 fully saturated rings. The molecule has 0 bridgehead atoms. The molecule has 22 heavy (non-hydrogen) atoms. The summed E-state index contributed by atoms with van der Waals surface area (Å²) in [5.41, 5.74) is 0. The van der Waals surface area contributed by atoms with Crippen molar-refractivity contribution in [1.29, 1.82) is 0 Å². The summed E-state index contributed by atoms with van der Waals surface area (Å²) in [5, 5.41) is 0. The van der Waals surface area contributed by atoms with E-state index in [0.717, 1.165) is 25.7 Å². The Bertz CT molecular complexity index is 437. The van der Waals surface area contributed by atoms with Gasteiger partial charge in [-0.05, 0) is 19.3 Å². The Balaban J connectivity index is 3.92. The van der Waals surface area contributed by atoms with Gasteiger partial charge in [0.15, 0.2) is 6.29 Å². The standard InChI is InChI=1S/C19H24O3/c1-4-7-10-12-18-22-19(21-17-9-6-3)14-13-16-20-15-11-8-5-2/h1-3,19H,7-12,14-15,17-18H2. The molecule has 0 heterocycles. The van der Waals surface area contributed by atoms with E-state index < -0.39 is 0 Å². The van der Waals surface area contributed by atoms with Crippen LogP contribution in [-0.4, -0.2) is 26.1 Å². The van der Waals surface area contributed by atoms with E-state index in [4.69, 9.17) is 33.5 Å². The fourth-order valence-electron chi connectivity index (χ4n) is 1.43. The molecule has 0 aromatic rings. The van der Waals surface area contributed by atoms with Crippen molar-refractivity contribution in [3.8, 4) is 49.1 Å². The van der Waals surface area contributed by atoms with Gasteiger partial charge in [-0.1, -0.05) is 5.92 Å². The third-order valence-corrected chi connectivity index (χ3v) is 2.55. The van der Waals surface area contributed by atoms with Crippen molar-refractivity contribution in [2.24, 2.45) is 0 Å². The van der Waals surface area contributed by atoms with Crippen molar-refractivity contribution in [1.82, 2.24) is 0 Å². The van der Waals surface area contributed by atoms with Crippen molar-refractivity contribution in [2.45, 2.75) is 51.2 Å². The fourth-order valence-corrected chi connectivity index (χ4v) is 1.43. The maximum Gasteiger partial charge on any atom is 0.168 e. The van der Waals surface area contributed by atoms with Crippen molar-refractivity contribution in [3.63, 3.8) is 0 Å². The molecular formula is C19H24O3. The highest BCUT2D eigenvalue weighted by atomic mass is 16.7. The summed E-state index contributed by atoms with van der Waals surface area (Å²) in [6, 6.07) is 0. The molecule has 1 atom stereocenters. The van der Waals surface area contributed by atoms with Gasteiger partial charge in [0.2, 0.25) is 0 Å². The molecule has 3 nitrogen and oxygen atoms in total. The molecule has 0 aliphatic rings. The smallest absolute Gasteiger partial charge is 0.168 e. The second kappa shape index (κ2) is 17.0. The van der Waals surface area contributed by atoms with Crippen LogP contribution in [0.15, 0.2) is 0 Å².